The second-order valence-corrected chi connectivity index (χ2v) is 6.79. The summed E-state index contributed by atoms with van der Waals surface area (Å²) < 4.78 is 11.0. The van der Waals surface area contributed by atoms with Gasteiger partial charge in [-0.1, -0.05) is 18.2 Å². The highest BCUT2D eigenvalue weighted by Gasteiger charge is 2.29. The summed E-state index contributed by atoms with van der Waals surface area (Å²) >= 11 is 0. The fourth-order valence-corrected chi connectivity index (χ4v) is 3.40. The molecule has 1 fully saturated rings. The van der Waals surface area contributed by atoms with Gasteiger partial charge in [-0.25, -0.2) is 4.79 Å². The lowest BCUT2D eigenvalue weighted by atomic mass is 9.97. The fourth-order valence-electron chi connectivity index (χ4n) is 3.40. The van der Waals surface area contributed by atoms with E-state index in [4.69, 9.17) is 9.15 Å². The van der Waals surface area contributed by atoms with E-state index < -0.39 is 18.3 Å². The number of ether oxygens (including phenoxy) is 1. The average molecular weight is 373 g/mol. The number of carbonyl (C=O) groups excluding carboxylic acids is 2. The Morgan fingerprint density at radius 1 is 1.19 bits per heavy atom. The Labute approximate surface area is 156 Å². The van der Waals surface area contributed by atoms with Gasteiger partial charge in [0.15, 0.2) is 6.61 Å². The van der Waals surface area contributed by atoms with Crippen LogP contribution >= 0.6 is 0 Å². The van der Waals surface area contributed by atoms with Gasteiger partial charge in [-0.05, 0) is 45.2 Å². The van der Waals surface area contributed by atoms with Crippen molar-refractivity contribution in [3.05, 3.63) is 40.9 Å². The van der Waals surface area contributed by atoms with Gasteiger partial charge in [-0.2, -0.15) is 4.68 Å². The molecule has 1 amide bonds. The van der Waals surface area contributed by atoms with Crippen LogP contribution in [0.5, 0.6) is 0 Å². The lowest BCUT2D eigenvalue weighted by molar-refractivity contribution is -0.155. The van der Waals surface area contributed by atoms with Gasteiger partial charge in [-0.15, -0.1) is 5.10 Å². The Balaban J connectivity index is 1.57. The maximum absolute atomic E-state index is 12.4. The molecular formula is C19H23N3O5. The Bertz CT molecular complexity index is 848. The van der Waals surface area contributed by atoms with Gasteiger partial charge >= 0.3 is 11.7 Å². The van der Waals surface area contributed by atoms with Crippen molar-refractivity contribution in [1.82, 2.24) is 14.7 Å². The van der Waals surface area contributed by atoms with Gasteiger partial charge in [0.25, 0.3) is 5.91 Å². The van der Waals surface area contributed by atoms with Crippen molar-refractivity contribution in [2.75, 3.05) is 6.61 Å². The molecule has 0 spiro atoms. The van der Waals surface area contributed by atoms with Crippen LogP contribution in [0, 0.1) is 0 Å². The molecule has 0 radical (unpaired) electrons. The summed E-state index contributed by atoms with van der Waals surface area (Å²) in [6, 6.07) is 9.16. The molecule has 2 atom stereocenters. The topological polar surface area (TPSA) is 94.6 Å². The van der Waals surface area contributed by atoms with E-state index in [0.717, 1.165) is 23.9 Å². The highest BCUT2D eigenvalue weighted by molar-refractivity contribution is 5.81. The van der Waals surface area contributed by atoms with Crippen molar-refractivity contribution in [3.8, 4) is 11.5 Å². The van der Waals surface area contributed by atoms with Crippen molar-refractivity contribution in [1.29, 1.82) is 0 Å². The van der Waals surface area contributed by atoms with Crippen LogP contribution in [0.1, 0.15) is 33.1 Å². The summed E-state index contributed by atoms with van der Waals surface area (Å²) in [5.74, 6) is -1.56. The fraction of sp³-hybridized carbons (Fsp3) is 0.474. The number of amides is 1. The van der Waals surface area contributed by atoms with Gasteiger partial charge < -0.3 is 14.1 Å². The molecule has 1 aromatic carbocycles. The number of esters is 1. The predicted octanol–water partition coefficient (Wildman–Crippen LogP) is 1.84. The third kappa shape index (κ3) is 4.45. The zero-order valence-electron chi connectivity index (χ0n) is 15.5. The maximum atomic E-state index is 12.4. The van der Waals surface area contributed by atoms with E-state index in [1.54, 1.807) is 29.2 Å². The molecule has 3 rings (SSSR count). The number of aromatic nitrogens is 2. The quantitative estimate of drug-likeness (QED) is 0.742. The number of likely N-dealkylation sites (tertiary alicyclic amines) is 1. The van der Waals surface area contributed by atoms with Crippen LogP contribution in [-0.4, -0.2) is 45.2 Å². The molecule has 0 unspecified atom stereocenters. The first-order chi connectivity index (χ1) is 13.0. The number of nitrogens with zero attached hydrogens (tertiary/aromatic N) is 3. The van der Waals surface area contributed by atoms with Crippen molar-refractivity contribution in [3.63, 3.8) is 0 Å². The molecule has 1 aliphatic rings. The minimum atomic E-state index is -0.754. The Hall–Kier alpha value is -2.90. The number of hydrogen-bond donors (Lipinski definition) is 0. The summed E-state index contributed by atoms with van der Waals surface area (Å²) in [7, 11) is 0. The largest absolute Gasteiger partial charge is 0.454 e. The molecule has 1 aliphatic heterocycles. The summed E-state index contributed by atoms with van der Waals surface area (Å²) in [5.41, 5.74) is 0.630. The van der Waals surface area contributed by atoms with E-state index in [2.05, 4.69) is 5.10 Å². The first kappa shape index (κ1) is 18.9. The van der Waals surface area contributed by atoms with Crippen LogP contribution < -0.4 is 5.76 Å². The third-order valence-electron chi connectivity index (χ3n) is 4.74. The zero-order valence-corrected chi connectivity index (χ0v) is 15.5. The predicted molar refractivity (Wildman–Crippen MR) is 96.8 cm³/mol. The van der Waals surface area contributed by atoms with Gasteiger partial charge in [0.1, 0.15) is 6.54 Å². The third-order valence-corrected chi connectivity index (χ3v) is 4.74. The first-order valence-corrected chi connectivity index (χ1v) is 9.06. The van der Waals surface area contributed by atoms with Crippen LogP contribution in [0.15, 0.2) is 39.5 Å². The van der Waals surface area contributed by atoms with Gasteiger partial charge in [0.2, 0.25) is 5.89 Å². The first-order valence-electron chi connectivity index (χ1n) is 9.06. The maximum Gasteiger partial charge on any atom is 0.437 e. The molecule has 0 aliphatic carbocycles. The molecule has 0 bridgehead atoms. The lowest BCUT2D eigenvalue weighted by Crippen LogP contribution is -2.49. The number of rotatable bonds is 5. The Kier molecular flexibility index (Phi) is 5.73. The summed E-state index contributed by atoms with van der Waals surface area (Å²) in [5, 5.41) is 4.00. The van der Waals surface area contributed by atoms with Crippen molar-refractivity contribution >= 4 is 11.9 Å². The molecule has 0 N–H and O–H groups in total. The minimum absolute atomic E-state index is 0.125. The molecule has 2 heterocycles. The van der Waals surface area contributed by atoms with Gasteiger partial charge in [0, 0.05) is 17.6 Å². The average Bonchev–Trinajstić information content (AvgIpc) is 3.01. The number of hydrogen-bond acceptors (Lipinski definition) is 6. The number of carbonyl (C=O) groups is 2. The van der Waals surface area contributed by atoms with Crippen molar-refractivity contribution in [2.24, 2.45) is 0 Å². The van der Waals surface area contributed by atoms with Gasteiger partial charge in [0.05, 0.1) is 0 Å². The van der Waals surface area contributed by atoms with Crippen molar-refractivity contribution < 1.29 is 18.7 Å². The molecule has 1 aromatic heterocycles. The summed E-state index contributed by atoms with van der Waals surface area (Å²) in [4.78, 5) is 38.0. The van der Waals surface area contributed by atoms with E-state index in [1.165, 1.54) is 0 Å². The van der Waals surface area contributed by atoms with E-state index >= 15 is 0 Å². The van der Waals surface area contributed by atoms with Crippen LogP contribution in [0.4, 0.5) is 0 Å². The second-order valence-electron chi connectivity index (χ2n) is 6.79. The summed E-state index contributed by atoms with van der Waals surface area (Å²) in [6.07, 6.45) is 2.98. The molecular weight excluding hydrogens is 350 g/mol. The van der Waals surface area contributed by atoms with Crippen LogP contribution in [0.25, 0.3) is 11.5 Å². The SMILES string of the molecule is C[C@H]1CCC[C@H](C)N1C(=O)COC(=O)Cn1nc(-c2ccccc2)oc1=O. The van der Waals surface area contributed by atoms with E-state index in [0.29, 0.717) is 5.56 Å². The number of piperidine rings is 1. The van der Waals surface area contributed by atoms with Crippen LogP contribution in [-0.2, 0) is 20.9 Å². The normalized spacial score (nSPS) is 19.7. The van der Waals surface area contributed by atoms with Gasteiger partial charge in [-0.3, -0.25) is 9.59 Å². The van der Waals surface area contributed by atoms with E-state index in [-0.39, 0.29) is 30.5 Å². The highest BCUT2D eigenvalue weighted by atomic mass is 16.5. The molecule has 0 saturated carbocycles. The lowest BCUT2D eigenvalue weighted by Gasteiger charge is -2.38. The van der Waals surface area contributed by atoms with E-state index in [9.17, 15) is 14.4 Å². The van der Waals surface area contributed by atoms with Crippen LogP contribution in [0.2, 0.25) is 0 Å². The Morgan fingerprint density at radius 2 is 1.85 bits per heavy atom. The van der Waals surface area contributed by atoms with Crippen LogP contribution in [0.3, 0.4) is 0 Å². The molecule has 8 heteroatoms. The molecule has 144 valence electrons. The Morgan fingerprint density at radius 3 is 2.52 bits per heavy atom. The minimum Gasteiger partial charge on any atom is -0.454 e. The molecule has 1 saturated heterocycles. The molecule has 2 aromatic rings. The molecule has 8 nitrogen and oxygen atoms in total. The number of benzene rings is 1. The second kappa shape index (κ2) is 8.20. The monoisotopic (exact) mass is 373 g/mol. The van der Waals surface area contributed by atoms with E-state index in [1.807, 2.05) is 19.9 Å². The molecule has 27 heavy (non-hydrogen) atoms. The van der Waals surface area contributed by atoms with Crippen molar-refractivity contribution in [2.45, 2.75) is 51.7 Å². The summed E-state index contributed by atoms with van der Waals surface area (Å²) in [6.45, 7) is 3.24. The highest BCUT2D eigenvalue weighted by Crippen LogP contribution is 2.22. The zero-order chi connectivity index (χ0) is 19.4. The standard InChI is InChI=1S/C19H23N3O5/c1-13-7-6-8-14(2)22(13)16(23)12-26-17(24)11-21-19(25)27-18(20-21)15-9-4-3-5-10-15/h3-5,9-10,13-14H,6-8,11-12H2,1-2H3/t13-,14-/m0/s1. The smallest absolute Gasteiger partial charge is 0.437 e.